The van der Waals surface area contributed by atoms with Crippen molar-refractivity contribution in [3.05, 3.63) is 59.4 Å². The van der Waals surface area contributed by atoms with Crippen molar-refractivity contribution in [2.75, 3.05) is 47.0 Å². The molecule has 1 amide bonds. The predicted molar refractivity (Wildman–Crippen MR) is 126 cm³/mol. The number of aromatic hydroxyl groups is 1. The van der Waals surface area contributed by atoms with Crippen molar-refractivity contribution in [1.82, 2.24) is 9.80 Å². The molecular formula is C26H35FN2O4. The third-order valence-electron chi connectivity index (χ3n) is 6.27. The summed E-state index contributed by atoms with van der Waals surface area (Å²) in [5, 5.41) is 9.90. The molecule has 1 fully saturated rings. The number of carbonyl (C=O) groups excluding carboxylic acids is 1. The molecule has 1 heterocycles. The lowest BCUT2D eigenvalue weighted by atomic mass is 9.88. The molecule has 6 nitrogen and oxygen atoms in total. The van der Waals surface area contributed by atoms with Gasteiger partial charge in [-0.3, -0.25) is 9.69 Å². The summed E-state index contributed by atoms with van der Waals surface area (Å²) >= 11 is 0. The van der Waals surface area contributed by atoms with Crippen LogP contribution in [-0.2, 0) is 16.1 Å². The van der Waals surface area contributed by atoms with Crippen LogP contribution < -0.4 is 4.74 Å². The van der Waals surface area contributed by atoms with Crippen LogP contribution in [0.15, 0.2) is 42.5 Å². The Kier molecular flexibility index (Phi) is 8.69. The lowest BCUT2D eigenvalue weighted by molar-refractivity contribution is -0.135. The molecule has 2 unspecified atom stereocenters. The number of halogens is 1. The Morgan fingerprint density at radius 3 is 2.67 bits per heavy atom. The lowest BCUT2D eigenvalue weighted by Crippen LogP contribution is -2.41. The van der Waals surface area contributed by atoms with E-state index in [1.54, 1.807) is 25.3 Å². The summed E-state index contributed by atoms with van der Waals surface area (Å²) in [7, 11) is 3.17. The second kappa shape index (κ2) is 11.5. The van der Waals surface area contributed by atoms with Crippen LogP contribution in [0.3, 0.4) is 0 Å². The maximum Gasteiger partial charge on any atom is 0.225 e. The minimum absolute atomic E-state index is 0.101. The van der Waals surface area contributed by atoms with Crippen LogP contribution in [0.4, 0.5) is 4.39 Å². The highest BCUT2D eigenvalue weighted by Gasteiger charge is 2.36. The molecule has 2 atom stereocenters. The van der Waals surface area contributed by atoms with Crippen molar-refractivity contribution in [3.8, 4) is 11.5 Å². The van der Waals surface area contributed by atoms with Gasteiger partial charge in [-0.1, -0.05) is 32.0 Å². The Bertz CT molecular complexity index is 936. The number of carbonyl (C=O) groups is 1. The zero-order chi connectivity index (χ0) is 24.0. The molecule has 0 radical (unpaired) electrons. The van der Waals surface area contributed by atoms with E-state index in [9.17, 15) is 14.3 Å². The molecule has 0 spiro atoms. The van der Waals surface area contributed by atoms with E-state index in [1.807, 2.05) is 36.9 Å². The summed E-state index contributed by atoms with van der Waals surface area (Å²) in [6, 6.07) is 12.1. The molecule has 0 saturated carbocycles. The number of amides is 1. The highest BCUT2D eigenvalue weighted by molar-refractivity contribution is 5.78. The summed E-state index contributed by atoms with van der Waals surface area (Å²) in [6.45, 7) is 7.63. The molecule has 2 aromatic rings. The van der Waals surface area contributed by atoms with E-state index < -0.39 is 0 Å². The van der Waals surface area contributed by atoms with Crippen molar-refractivity contribution in [2.45, 2.75) is 26.3 Å². The minimum Gasteiger partial charge on any atom is -0.504 e. The summed E-state index contributed by atoms with van der Waals surface area (Å²) in [5.41, 5.74) is 1.98. The van der Waals surface area contributed by atoms with E-state index in [4.69, 9.17) is 9.47 Å². The number of nitrogens with zero attached hydrogens (tertiary/aromatic N) is 2. The Morgan fingerprint density at radius 1 is 1.21 bits per heavy atom. The molecule has 180 valence electrons. The summed E-state index contributed by atoms with van der Waals surface area (Å²) in [5.74, 6) is 0.568. The summed E-state index contributed by atoms with van der Waals surface area (Å²) in [4.78, 5) is 17.1. The molecule has 2 aromatic carbocycles. The van der Waals surface area contributed by atoms with E-state index in [0.717, 1.165) is 24.2 Å². The highest BCUT2D eigenvalue weighted by atomic mass is 19.1. The lowest BCUT2D eigenvalue weighted by Gasteiger charge is -2.29. The maximum atomic E-state index is 14.0. The van der Waals surface area contributed by atoms with Crippen molar-refractivity contribution in [2.24, 2.45) is 11.8 Å². The first-order valence-electron chi connectivity index (χ1n) is 11.4. The molecular weight excluding hydrogens is 423 g/mol. The third kappa shape index (κ3) is 6.45. The van der Waals surface area contributed by atoms with E-state index in [-0.39, 0.29) is 35.2 Å². The van der Waals surface area contributed by atoms with E-state index in [1.165, 1.54) is 13.2 Å². The molecule has 7 heteroatoms. The first-order valence-corrected chi connectivity index (χ1v) is 11.4. The number of hydrogen-bond acceptors (Lipinski definition) is 5. The molecule has 0 aromatic heterocycles. The van der Waals surface area contributed by atoms with Crippen LogP contribution in [0.2, 0.25) is 0 Å². The van der Waals surface area contributed by atoms with Gasteiger partial charge in [0.2, 0.25) is 5.91 Å². The second-order valence-electron chi connectivity index (χ2n) is 9.05. The zero-order valence-corrected chi connectivity index (χ0v) is 20.0. The Labute approximate surface area is 195 Å². The summed E-state index contributed by atoms with van der Waals surface area (Å²) in [6.07, 6.45) is 0. The molecule has 3 rings (SSSR count). The fourth-order valence-electron chi connectivity index (χ4n) is 4.61. The van der Waals surface area contributed by atoms with Crippen LogP contribution in [0, 0.1) is 17.7 Å². The molecule has 33 heavy (non-hydrogen) atoms. The standard InChI is InChI=1S/C26H35FN2O4/c1-18(2)26(31)29(10-11-32-3)16-21-15-28(14-19-8-9-24(30)25(12-19)33-4)17-23(21)20-6-5-7-22(27)13-20/h5-9,12-13,18,21,23,30H,10-11,14-17H2,1-4H3. The monoisotopic (exact) mass is 458 g/mol. The van der Waals surface area contributed by atoms with Gasteiger partial charge in [0.1, 0.15) is 5.82 Å². The van der Waals surface area contributed by atoms with Gasteiger partial charge in [-0.05, 0) is 41.3 Å². The van der Waals surface area contributed by atoms with Crippen molar-refractivity contribution < 1.29 is 23.8 Å². The Morgan fingerprint density at radius 2 is 2.00 bits per heavy atom. The molecule has 0 aliphatic carbocycles. The van der Waals surface area contributed by atoms with E-state index >= 15 is 0 Å². The smallest absolute Gasteiger partial charge is 0.225 e. The Balaban J connectivity index is 1.83. The van der Waals surface area contributed by atoms with Gasteiger partial charge < -0.3 is 19.5 Å². The molecule has 1 aliphatic rings. The van der Waals surface area contributed by atoms with Crippen LogP contribution >= 0.6 is 0 Å². The number of likely N-dealkylation sites (tertiary alicyclic amines) is 1. The molecule has 1 saturated heterocycles. The largest absolute Gasteiger partial charge is 0.504 e. The molecule has 0 bridgehead atoms. The molecule has 1 N–H and O–H groups in total. The average Bonchev–Trinajstić information content (AvgIpc) is 3.19. The quantitative estimate of drug-likeness (QED) is 0.585. The van der Waals surface area contributed by atoms with Gasteiger partial charge >= 0.3 is 0 Å². The SMILES string of the molecule is COCCN(CC1CN(Cc2ccc(O)c(OC)c2)CC1c1cccc(F)c1)C(=O)C(C)C. The second-order valence-corrected chi connectivity index (χ2v) is 9.05. The Hall–Kier alpha value is -2.64. The van der Waals surface area contributed by atoms with Crippen molar-refractivity contribution in [3.63, 3.8) is 0 Å². The number of phenols is 1. The predicted octanol–water partition coefficient (Wildman–Crippen LogP) is 3.89. The van der Waals surface area contributed by atoms with Crippen LogP contribution in [-0.4, -0.2) is 67.8 Å². The fraction of sp³-hybridized carbons (Fsp3) is 0.500. The minimum atomic E-state index is -0.248. The first kappa shape index (κ1) is 25.0. The van der Waals surface area contributed by atoms with Gasteiger partial charge in [0, 0.05) is 51.7 Å². The van der Waals surface area contributed by atoms with Gasteiger partial charge in [-0.25, -0.2) is 4.39 Å². The van der Waals surface area contributed by atoms with E-state index in [0.29, 0.717) is 32.0 Å². The topological polar surface area (TPSA) is 62.2 Å². The number of phenolic OH excluding ortho intramolecular Hbond substituents is 1. The molecule has 1 aliphatic heterocycles. The zero-order valence-electron chi connectivity index (χ0n) is 20.0. The van der Waals surface area contributed by atoms with Gasteiger partial charge in [0.15, 0.2) is 11.5 Å². The van der Waals surface area contributed by atoms with Crippen molar-refractivity contribution >= 4 is 5.91 Å². The number of rotatable bonds is 10. The average molecular weight is 459 g/mol. The highest BCUT2D eigenvalue weighted by Crippen LogP contribution is 2.35. The van der Waals surface area contributed by atoms with Crippen LogP contribution in [0.5, 0.6) is 11.5 Å². The van der Waals surface area contributed by atoms with Gasteiger partial charge in [0.05, 0.1) is 13.7 Å². The van der Waals surface area contributed by atoms with Crippen LogP contribution in [0.1, 0.15) is 30.9 Å². The number of ether oxygens (including phenoxy) is 2. The normalized spacial score (nSPS) is 18.6. The number of methoxy groups -OCH3 is 2. The summed E-state index contributed by atoms with van der Waals surface area (Å²) < 4.78 is 24.5. The third-order valence-corrected chi connectivity index (χ3v) is 6.27. The van der Waals surface area contributed by atoms with Gasteiger partial charge in [-0.2, -0.15) is 0 Å². The first-order chi connectivity index (χ1) is 15.8. The van der Waals surface area contributed by atoms with Crippen molar-refractivity contribution in [1.29, 1.82) is 0 Å². The maximum absolute atomic E-state index is 14.0. The number of hydrogen-bond donors (Lipinski definition) is 1. The fourth-order valence-corrected chi connectivity index (χ4v) is 4.61. The van der Waals surface area contributed by atoms with E-state index in [2.05, 4.69) is 4.90 Å². The van der Waals surface area contributed by atoms with Crippen LogP contribution in [0.25, 0.3) is 0 Å². The number of benzene rings is 2. The van der Waals surface area contributed by atoms with Gasteiger partial charge in [0.25, 0.3) is 0 Å². The van der Waals surface area contributed by atoms with Gasteiger partial charge in [-0.15, -0.1) is 0 Å².